The van der Waals surface area contributed by atoms with Gasteiger partial charge in [-0.3, -0.25) is 0 Å². The molecule has 0 bridgehead atoms. The molecule has 0 aliphatic heterocycles. The molecule has 0 spiro atoms. The monoisotopic (exact) mass is 653 g/mol. The molecule has 10 aromatic rings. The van der Waals surface area contributed by atoms with Gasteiger partial charge in [-0.1, -0.05) is 117 Å². The van der Waals surface area contributed by atoms with E-state index in [1.165, 1.54) is 105 Å². The molecule has 2 aliphatic rings. The van der Waals surface area contributed by atoms with Crippen LogP contribution < -0.4 is 0 Å². The highest BCUT2D eigenvalue weighted by Crippen LogP contribution is 2.50. The SMILES string of the molecule is CC1C=Cc2c(n3c4ccccc4c4c3c3c(n(-c5ccc(-c6cccc7ccccc67)cc5)c5ccc6c7ccccc7n2c6c35)C(C)C4)C1. The fourth-order valence-corrected chi connectivity index (χ4v) is 10.0. The van der Waals surface area contributed by atoms with Crippen LogP contribution in [0.4, 0.5) is 0 Å². The number of hydrogen-bond acceptors (Lipinski definition) is 0. The highest BCUT2D eigenvalue weighted by molar-refractivity contribution is 6.27. The van der Waals surface area contributed by atoms with Gasteiger partial charge in [0.05, 0.1) is 33.3 Å². The van der Waals surface area contributed by atoms with Crippen molar-refractivity contribution in [2.24, 2.45) is 5.92 Å². The van der Waals surface area contributed by atoms with Gasteiger partial charge in [0.15, 0.2) is 0 Å². The summed E-state index contributed by atoms with van der Waals surface area (Å²) in [5, 5.41) is 9.38. The van der Waals surface area contributed by atoms with Crippen molar-refractivity contribution in [3.8, 4) is 16.8 Å². The predicted octanol–water partition coefficient (Wildman–Crippen LogP) is 12.3. The number of allylic oxidation sites excluding steroid dienone is 1. The Bertz CT molecular complexity index is 3160. The second-order valence-electron chi connectivity index (χ2n) is 15.0. The molecule has 2 aliphatic carbocycles. The van der Waals surface area contributed by atoms with Crippen LogP contribution in [0.2, 0.25) is 0 Å². The van der Waals surface area contributed by atoms with E-state index in [1.54, 1.807) is 0 Å². The summed E-state index contributed by atoms with van der Waals surface area (Å²) in [6.45, 7) is 4.81. The molecule has 0 N–H and O–H groups in total. The average molecular weight is 654 g/mol. The topological polar surface area (TPSA) is 13.8 Å². The minimum absolute atomic E-state index is 0.336. The number of para-hydroxylation sites is 2. The molecule has 0 fully saturated rings. The van der Waals surface area contributed by atoms with Crippen molar-refractivity contribution in [2.45, 2.75) is 32.6 Å². The van der Waals surface area contributed by atoms with E-state index in [2.05, 4.69) is 167 Å². The zero-order chi connectivity index (χ0) is 33.5. The van der Waals surface area contributed by atoms with Gasteiger partial charge in [-0.25, -0.2) is 0 Å². The smallest absolute Gasteiger partial charge is 0.0658 e. The van der Waals surface area contributed by atoms with E-state index in [-0.39, 0.29) is 0 Å². The summed E-state index contributed by atoms with van der Waals surface area (Å²) >= 11 is 0. The summed E-state index contributed by atoms with van der Waals surface area (Å²) < 4.78 is 7.89. The summed E-state index contributed by atoms with van der Waals surface area (Å²) in [5.74, 6) is 0.794. The molecule has 4 heterocycles. The van der Waals surface area contributed by atoms with Crippen LogP contribution in [0.5, 0.6) is 0 Å². The minimum Gasteiger partial charge on any atom is -0.313 e. The standard InChI is InChI=1S/C48H35N3/c1-28-18-24-41-43(26-28)51-40-17-8-6-14-36(40)38-27-29(2)46-45(48(38)51)44-42(25-23-37-35-13-5-7-16-39(35)50(41)47(37)44)49(46)32-21-19-31(20-22-32)34-15-9-11-30-10-3-4-12-33(30)34/h3-25,28-29H,26-27H2,1-2H3. The maximum atomic E-state index is 2.68. The zero-order valence-electron chi connectivity index (χ0n) is 28.7. The van der Waals surface area contributed by atoms with Crippen LogP contribution in [-0.4, -0.2) is 13.4 Å². The van der Waals surface area contributed by atoms with Gasteiger partial charge >= 0.3 is 0 Å². The molecule has 2 unspecified atom stereocenters. The van der Waals surface area contributed by atoms with Gasteiger partial charge in [-0.15, -0.1) is 0 Å². The van der Waals surface area contributed by atoms with Crippen molar-refractivity contribution in [3.05, 3.63) is 156 Å². The molecule has 3 heteroatoms. The third-order valence-corrected chi connectivity index (χ3v) is 12.1. The van der Waals surface area contributed by atoms with E-state index >= 15 is 0 Å². The first-order valence-electron chi connectivity index (χ1n) is 18.4. The number of hydrogen-bond donors (Lipinski definition) is 0. The summed E-state index contributed by atoms with van der Waals surface area (Å²) in [5.41, 5.74) is 16.0. The summed E-state index contributed by atoms with van der Waals surface area (Å²) in [7, 11) is 0. The van der Waals surface area contributed by atoms with Crippen molar-refractivity contribution in [1.82, 2.24) is 13.4 Å². The number of aromatic nitrogens is 3. The lowest BCUT2D eigenvalue weighted by Gasteiger charge is -2.23. The molecule has 0 saturated heterocycles. The number of benzene rings is 6. The molecule has 3 nitrogen and oxygen atoms in total. The van der Waals surface area contributed by atoms with Crippen molar-refractivity contribution in [2.75, 3.05) is 0 Å². The Morgan fingerprint density at radius 1 is 0.549 bits per heavy atom. The molecule has 242 valence electrons. The fraction of sp³-hybridized carbons (Fsp3) is 0.125. The molecule has 12 rings (SSSR count). The van der Waals surface area contributed by atoms with Crippen LogP contribution in [0.1, 0.15) is 42.4 Å². The van der Waals surface area contributed by atoms with Crippen LogP contribution in [-0.2, 0) is 12.8 Å². The van der Waals surface area contributed by atoms with Crippen LogP contribution in [0.3, 0.4) is 0 Å². The van der Waals surface area contributed by atoms with E-state index in [0.717, 1.165) is 12.8 Å². The first-order valence-corrected chi connectivity index (χ1v) is 18.4. The van der Waals surface area contributed by atoms with Crippen LogP contribution in [0.25, 0.3) is 88.2 Å². The van der Waals surface area contributed by atoms with Gasteiger partial charge in [-0.2, -0.15) is 0 Å². The van der Waals surface area contributed by atoms with E-state index in [4.69, 9.17) is 0 Å². The lowest BCUT2D eigenvalue weighted by molar-refractivity contribution is 0.687. The van der Waals surface area contributed by atoms with Crippen molar-refractivity contribution in [3.63, 3.8) is 0 Å². The quantitative estimate of drug-likeness (QED) is 0.176. The largest absolute Gasteiger partial charge is 0.313 e. The Balaban J connectivity index is 1.29. The second-order valence-corrected chi connectivity index (χ2v) is 15.0. The third kappa shape index (κ3) is 3.48. The molecule has 0 saturated carbocycles. The molecule has 2 atom stereocenters. The first kappa shape index (κ1) is 27.7. The van der Waals surface area contributed by atoms with Gasteiger partial charge in [0.2, 0.25) is 0 Å². The molecule has 0 amide bonds. The van der Waals surface area contributed by atoms with Gasteiger partial charge in [-0.05, 0) is 82.6 Å². The second kappa shape index (κ2) is 9.80. The molecule has 6 aromatic carbocycles. The van der Waals surface area contributed by atoms with Crippen LogP contribution >= 0.6 is 0 Å². The lowest BCUT2D eigenvalue weighted by atomic mass is 9.88. The number of rotatable bonds is 2. The molecular weight excluding hydrogens is 619 g/mol. The Hall–Kier alpha value is -6.06. The summed E-state index contributed by atoms with van der Waals surface area (Å²) in [6.07, 6.45) is 6.84. The first-order chi connectivity index (χ1) is 25.2. The minimum atomic E-state index is 0.336. The predicted molar refractivity (Wildman–Crippen MR) is 215 cm³/mol. The van der Waals surface area contributed by atoms with E-state index in [9.17, 15) is 0 Å². The maximum Gasteiger partial charge on any atom is 0.0658 e. The van der Waals surface area contributed by atoms with Crippen molar-refractivity contribution in [1.29, 1.82) is 0 Å². The summed E-state index contributed by atoms with van der Waals surface area (Å²) in [6, 6.07) is 47.7. The fourth-order valence-electron chi connectivity index (χ4n) is 10.0. The highest BCUT2D eigenvalue weighted by atomic mass is 15.0. The lowest BCUT2D eigenvalue weighted by Crippen LogP contribution is -2.13. The zero-order valence-corrected chi connectivity index (χ0v) is 28.7. The maximum absolute atomic E-state index is 2.68. The van der Waals surface area contributed by atoms with Gasteiger partial charge < -0.3 is 13.4 Å². The van der Waals surface area contributed by atoms with Crippen molar-refractivity contribution < 1.29 is 0 Å². The normalized spacial score (nSPS) is 17.0. The highest BCUT2D eigenvalue weighted by Gasteiger charge is 2.33. The van der Waals surface area contributed by atoms with Gasteiger partial charge in [0.25, 0.3) is 0 Å². The third-order valence-electron chi connectivity index (χ3n) is 12.1. The Kier molecular flexibility index (Phi) is 5.33. The Morgan fingerprint density at radius 2 is 1.27 bits per heavy atom. The van der Waals surface area contributed by atoms with E-state index in [1.807, 2.05) is 0 Å². The van der Waals surface area contributed by atoms with E-state index < -0.39 is 0 Å². The van der Waals surface area contributed by atoms with Crippen LogP contribution in [0, 0.1) is 5.92 Å². The number of fused-ring (bicyclic) bond motifs is 10. The van der Waals surface area contributed by atoms with Crippen LogP contribution in [0.15, 0.2) is 133 Å². The molecule has 0 radical (unpaired) electrons. The average Bonchev–Trinajstić information content (AvgIpc) is 3.80. The molecule has 4 aromatic heterocycles. The molecule has 51 heavy (non-hydrogen) atoms. The van der Waals surface area contributed by atoms with Gasteiger partial charge in [0.1, 0.15) is 0 Å². The Morgan fingerprint density at radius 3 is 2.12 bits per heavy atom. The summed E-state index contributed by atoms with van der Waals surface area (Å²) in [4.78, 5) is 0. The molecular formula is C48H35N3. The van der Waals surface area contributed by atoms with E-state index in [0.29, 0.717) is 11.8 Å². The Labute approximate surface area is 295 Å². The van der Waals surface area contributed by atoms with Gasteiger partial charge in [0, 0.05) is 49.9 Å². The van der Waals surface area contributed by atoms with Crippen molar-refractivity contribution >= 4 is 71.4 Å². The number of nitrogens with zero attached hydrogens (tertiary/aromatic N) is 3.